The Kier molecular flexibility index (Phi) is 4.43. The molecule has 1 heterocycles. The molecule has 0 saturated heterocycles. The highest BCUT2D eigenvalue weighted by molar-refractivity contribution is 7.90. The van der Waals surface area contributed by atoms with E-state index in [1.165, 1.54) is 11.3 Å². The van der Waals surface area contributed by atoms with Crippen LogP contribution in [0.4, 0.5) is 0 Å². The predicted octanol–water partition coefficient (Wildman–Crippen LogP) is 2.91. The van der Waals surface area contributed by atoms with Crippen LogP contribution < -0.4 is 4.72 Å². The van der Waals surface area contributed by atoms with Gasteiger partial charge in [0.15, 0.2) is 0 Å². The Morgan fingerprint density at radius 1 is 1.60 bits per heavy atom. The number of nitrogens with zero attached hydrogens (tertiary/aromatic N) is 1. The van der Waals surface area contributed by atoms with Gasteiger partial charge in [-0.05, 0) is 27.7 Å². The van der Waals surface area contributed by atoms with Gasteiger partial charge in [-0.15, -0.1) is 16.1 Å². The first-order valence-corrected chi connectivity index (χ1v) is 6.94. The van der Waals surface area contributed by atoms with E-state index < -0.39 is 11.4 Å². The Hall–Kier alpha value is 0.190. The van der Waals surface area contributed by atoms with Crippen molar-refractivity contribution in [3.63, 3.8) is 0 Å². The van der Waals surface area contributed by atoms with Gasteiger partial charge in [-0.1, -0.05) is 11.6 Å². The highest BCUT2D eigenvalue weighted by Crippen LogP contribution is 2.25. The molecular weight excluding hydrogens is 252 g/mol. The maximum Gasteiger partial charge on any atom is 0.136 e. The van der Waals surface area contributed by atoms with Gasteiger partial charge in [-0.3, -0.25) is 0 Å². The van der Waals surface area contributed by atoms with Gasteiger partial charge >= 0.3 is 0 Å². The maximum atomic E-state index is 11.8. The number of rotatable bonds is 3. The minimum absolute atomic E-state index is 0.0393. The summed E-state index contributed by atoms with van der Waals surface area (Å²) in [6.45, 7) is 7.71. The first kappa shape index (κ1) is 13.3. The molecule has 0 aliphatic heterocycles. The Morgan fingerprint density at radius 2 is 2.20 bits per heavy atom. The fraction of sp³-hybridized carbons (Fsp3) is 0.667. The molecule has 0 saturated carbocycles. The van der Waals surface area contributed by atoms with Crippen LogP contribution in [-0.2, 0) is 11.4 Å². The molecule has 2 atom stereocenters. The zero-order chi connectivity index (χ0) is 11.6. The largest absolute Gasteiger partial charge is 0.598 e. The summed E-state index contributed by atoms with van der Waals surface area (Å²) in [5.74, 6) is 0. The molecule has 15 heavy (non-hydrogen) atoms. The van der Waals surface area contributed by atoms with E-state index in [0.29, 0.717) is 4.34 Å². The summed E-state index contributed by atoms with van der Waals surface area (Å²) in [6, 6.07) is -0.0393. The van der Waals surface area contributed by atoms with Gasteiger partial charge in [-0.2, -0.15) is 0 Å². The van der Waals surface area contributed by atoms with Crippen LogP contribution in [0.15, 0.2) is 6.20 Å². The number of hydrogen-bond donors (Lipinski definition) is 1. The summed E-state index contributed by atoms with van der Waals surface area (Å²) in [7, 11) is 0. The third-order valence-electron chi connectivity index (χ3n) is 1.71. The predicted molar refractivity (Wildman–Crippen MR) is 66.6 cm³/mol. The summed E-state index contributed by atoms with van der Waals surface area (Å²) in [4.78, 5) is 4.14. The highest BCUT2D eigenvalue weighted by Gasteiger charge is 2.29. The normalized spacial score (nSPS) is 16.4. The van der Waals surface area contributed by atoms with Crippen LogP contribution in [0.2, 0.25) is 4.34 Å². The lowest BCUT2D eigenvalue weighted by Crippen LogP contribution is -2.40. The van der Waals surface area contributed by atoms with Crippen molar-refractivity contribution in [2.24, 2.45) is 0 Å². The first-order valence-electron chi connectivity index (χ1n) is 4.60. The summed E-state index contributed by atoms with van der Waals surface area (Å²) in [5, 5.41) is 0.859. The molecular formula is C9H15ClN2OS2. The van der Waals surface area contributed by atoms with E-state index in [4.69, 9.17) is 11.6 Å². The average molecular weight is 267 g/mol. The van der Waals surface area contributed by atoms with Crippen LogP contribution in [0.5, 0.6) is 0 Å². The molecule has 3 nitrogen and oxygen atoms in total. The summed E-state index contributed by atoms with van der Waals surface area (Å²) in [6.07, 6.45) is 1.61. The molecule has 86 valence electrons. The van der Waals surface area contributed by atoms with E-state index >= 15 is 0 Å². The Bertz CT molecular complexity index is 324. The molecule has 0 bridgehead atoms. The average Bonchev–Trinajstić information content (AvgIpc) is 2.50. The molecule has 1 rings (SSSR count). The van der Waals surface area contributed by atoms with E-state index in [-0.39, 0.29) is 10.8 Å². The lowest BCUT2D eigenvalue weighted by molar-refractivity contribution is 0.531. The molecule has 1 unspecified atom stereocenters. The third kappa shape index (κ3) is 3.92. The van der Waals surface area contributed by atoms with E-state index in [1.807, 2.05) is 27.7 Å². The number of nitrogens with one attached hydrogen (secondary N) is 1. The van der Waals surface area contributed by atoms with Crippen molar-refractivity contribution in [3.8, 4) is 0 Å². The minimum Gasteiger partial charge on any atom is -0.598 e. The van der Waals surface area contributed by atoms with Gasteiger partial charge in [-0.25, -0.2) is 4.98 Å². The van der Waals surface area contributed by atoms with Crippen molar-refractivity contribution in [2.75, 3.05) is 0 Å². The molecule has 0 spiro atoms. The second-order valence-electron chi connectivity index (χ2n) is 4.22. The van der Waals surface area contributed by atoms with Crippen molar-refractivity contribution in [2.45, 2.75) is 38.5 Å². The summed E-state index contributed by atoms with van der Waals surface area (Å²) < 4.78 is 15.2. The molecule has 1 aromatic heterocycles. The van der Waals surface area contributed by atoms with Crippen molar-refractivity contribution in [3.05, 3.63) is 15.5 Å². The molecule has 0 radical (unpaired) electrons. The van der Waals surface area contributed by atoms with Crippen molar-refractivity contribution < 1.29 is 4.55 Å². The fourth-order valence-electron chi connectivity index (χ4n) is 0.855. The lowest BCUT2D eigenvalue weighted by atomic mass is 10.3. The molecule has 0 amide bonds. The molecule has 0 aliphatic carbocycles. The SMILES string of the molecule is CC(N[S@+]([O-])C(C)(C)C)c1ncc(Cl)s1. The van der Waals surface area contributed by atoms with Gasteiger partial charge in [0, 0.05) is 11.4 Å². The monoisotopic (exact) mass is 266 g/mol. The van der Waals surface area contributed by atoms with Crippen LogP contribution in [0.3, 0.4) is 0 Å². The Labute approximate surface area is 103 Å². The summed E-state index contributed by atoms with van der Waals surface area (Å²) >= 11 is 6.10. The maximum absolute atomic E-state index is 11.8. The molecule has 1 aromatic rings. The second kappa shape index (κ2) is 5.01. The zero-order valence-electron chi connectivity index (χ0n) is 9.20. The van der Waals surface area contributed by atoms with E-state index in [9.17, 15) is 4.55 Å². The standard InChI is InChI=1S/C9H15ClN2OS2/c1-6(8-11-5-7(10)14-8)12-15(13)9(2,3)4/h5-6,12H,1-4H3/t6?,15-/m1/s1. The topological polar surface area (TPSA) is 48.0 Å². The van der Waals surface area contributed by atoms with E-state index in [1.54, 1.807) is 6.20 Å². The second-order valence-corrected chi connectivity index (χ2v) is 7.91. The smallest absolute Gasteiger partial charge is 0.136 e. The first-order chi connectivity index (χ1) is 6.80. The third-order valence-corrected chi connectivity index (χ3v) is 4.68. The molecule has 6 heteroatoms. The molecule has 1 N–H and O–H groups in total. The van der Waals surface area contributed by atoms with Crippen LogP contribution in [-0.4, -0.2) is 14.3 Å². The molecule has 0 aromatic carbocycles. The Morgan fingerprint density at radius 3 is 2.60 bits per heavy atom. The summed E-state index contributed by atoms with van der Waals surface area (Å²) in [5.41, 5.74) is 0. The van der Waals surface area contributed by atoms with Gasteiger partial charge < -0.3 is 4.55 Å². The minimum atomic E-state index is -1.09. The van der Waals surface area contributed by atoms with Crippen LogP contribution in [0.25, 0.3) is 0 Å². The van der Waals surface area contributed by atoms with Crippen LogP contribution in [0, 0.1) is 0 Å². The lowest BCUT2D eigenvalue weighted by Gasteiger charge is -2.25. The van der Waals surface area contributed by atoms with Crippen LogP contribution >= 0.6 is 22.9 Å². The number of aromatic nitrogens is 1. The van der Waals surface area contributed by atoms with Gasteiger partial charge in [0.05, 0.1) is 6.20 Å². The van der Waals surface area contributed by atoms with Crippen LogP contribution in [0.1, 0.15) is 38.7 Å². The van der Waals surface area contributed by atoms with Crippen molar-refractivity contribution in [1.29, 1.82) is 0 Å². The van der Waals surface area contributed by atoms with E-state index in [0.717, 1.165) is 5.01 Å². The van der Waals surface area contributed by atoms with Gasteiger partial charge in [0.25, 0.3) is 0 Å². The van der Waals surface area contributed by atoms with Crippen molar-refractivity contribution >= 4 is 34.3 Å². The number of halogens is 1. The number of thiazole rings is 1. The van der Waals surface area contributed by atoms with Gasteiger partial charge in [0.2, 0.25) is 0 Å². The fourth-order valence-corrected chi connectivity index (χ4v) is 2.65. The molecule has 0 aliphatic rings. The Balaban J connectivity index is 2.60. The van der Waals surface area contributed by atoms with E-state index in [2.05, 4.69) is 9.71 Å². The van der Waals surface area contributed by atoms with Crippen molar-refractivity contribution in [1.82, 2.24) is 9.71 Å². The zero-order valence-corrected chi connectivity index (χ0v) is 11.6. The quantitative estimate of drug-likeness (QED) is 0.856. The van der Waals surface area contributed by atoms with Gasteiger partial charge in [0.1, 0.15) is 20.1 Å². The highest BCUT2D eigenvalue weighted by atomic mass is 35.5. The number of hydrogen-bond acceptors (Lipinski definition) is 4. The molecule has 0 fully saturated rings.